The molecule has 0 bridgehead atoms. The normalized spacial score (nSPS) is 15.1. The molecule has 1 aromatic carbocycles. The molecule has 108 valence electrons. The molecule has 1 saturated heterocycles. The van der Waals surface area contributed by atoms with Gasteiger partial charge in [0, 0.05) is 30.2 Å². The van der Waals surface area contributed by atoms with Crippen LogP contribution < -0.4 is 5.32 Å². The van der Waals surface area contributed by atoms with Crippen molar-refractivity contribution in [1.82, 2.24) is 10.2 Å². The molecule has 0 atom stereocenters. The van der Waals surface area contributed by atoms with Crippen molar-refractivity contribution in [3.63, 3.8) is 0 Å². The van der Waals surface area contributed by atoms with Crippen LogP contribution in [0.3, 0.4) is 0 Å². The van der Waals surface area contributed by atoms with Crippen LogP contribution in [-0.2, 0) is 9.59 Å². The number of rotatable bonds is 4. The van der Waals surface area contributed by atoms with Gasteiger partial charge in [-0.3, -0.25) is 9.59 Å². The van der Waals surface area contributed by atoms with E-state index < -0.39 is 0 Å². The maximum Gasteiger partial charge on any atom is 0.239 e. The average molecular weight is 292 g/mol. The summed E-state index contributed by atoms with van der Waals surface area (Å²) in [5.74, 6) is 0.752. The summed E-state index contributed by atoms with van der Waals surface area (Å²) < 4.78 is 0. The molecule has 1 N–H and O–H groups in total. The van der Waals surface area contributed by atoms with Crippen LogP contribution in [0.1, 0.15) is 17.5 Å². The summed E-state index contributed by atoms with van der Waals surface area (Å²) in [6.07, 6.45) is 0.477. The van der Waals surface area contributed by atoms with Gasteiger partial charge in [0.25, 0.3) is 0 Å². The molecule has 0 spiro atoms. The zero-order chi connectivity index (χ0) is 14.5. The van der Waals surface area contributed by atoms with Crippen LogP contribution in [0.4, 0.5) is 0 Å². The van der Waals surface area contributed by atoms with E-state index in [0.29, 0.717) is 19.5 Å². The Labute approximate surface area is 123 Å². The Bertz CT molecular complexity index is 517. The first-order valence-electron chi connectivity index (χ1n) is 6.81. The van der Waals surface area contributed by atoms with Crippen molar-refractivity contribution >= 4 is 23.6 Å². The van der Waals surface area contributed by atoms with Gasteiger partial charge in [0.05, 0.1) is 6.54 Å². The lowest BCUT2D eigenvalue weighted by Gasteiger charge is -2.26. The fourth-order valence-electron chi connectivity index (χ4n) is 2.07. The minimum absolute atomic E-state index is 0.0635. The van der Waals surface area contributed by atoms with E-state index in [4.69, 9.17) is 0 Å². The lowest BCUT2D eigenvalue weighted by atomic mass is 10.1. The Balaban J connectivity index is 1.78. The Kier molecular flexibility index (Phi) is 5.06. The Morgan fingerprint density at radius 2 is 2.15 bits per heavy atom. The van der Waals surface area contributed by atoms with Gasteiger partial charge in [0.1, 0.15) is 0 Å². The molecule has 20 heavy (non-hydrogen) atoms. The topological polar surface area (TPSA) is 49.4 Å². The smallest absolute Gasteiger partial charge is 0.239 e. The first-order valence-corrected chi connectivity index (χ1v) is 7.79. The molecule has 1 aromatic rings. The number of piperazine rings is 1. The summed E-state index contributed by atoms with van der Waals surface area (Å²) in [4.78, 5) is 26.1. The second-order valence-electron chi connectivity index (χ2n) is 5.01. The number of carbonyl (C=O) groups excluding carboxylic acids is 2. The number of thioether (sulfide) groups is 1. The predicted octanol–water partition coefficient (Wildman–Crippen LogP) is 1.74. The second-order valence-corrected chi connectivity index (χ2v) is 6.18. The van der Waals surface area contributed by atoms with E-state index in [0.717, 1.165) is 5.75 Å². The van der Waals surface area contributed by atoms with Crippen LogP contribution in [0.15, 0.2) is 23.1 Å². The summed E-state index contributed by atoms with van der Waals surface area (Å²) in [7, 11) is 0. The third-order valence-corrected chi connectivity index (χ3v) is 4.45. The standard InChI is InChI=1S/C15H20N2O2S/c1-11-3-4-13(9-12(11)2)20-8-5-15(19)17-7-6-16-14(18)10-17/h3-4,9H,5-8,10H2,1-2H3,(H,16,18). The van der Waals surface area contributed by atoms with Gasteiger partial charge in [0.15, 0.2) is 0 Å². The van der Waals surface area contributed by atoms with Crippen LogP contribution in [0.5, 0.6) is 0 Å². The molecule has 0 unspecified atom stereocenters. The van der Waals surface area contributed by atoms with E-state index in [1.807, 2.05) is 0 Å². The van der Waals surface area contributed by atoms with E-state index in [1.165, 1.54) is 16.0 Å². The summed E-state index contributed by atoms with van der Waals surface area (Å²) in [5.41, 5.74) is 2.55. The van der Waals surface area contributed by atoms with Crippen molar-refractivity contribution < 1.29 is 9.59 Å². The zero-order valence-electron chi connectivity index (χ0n) is 11.9. The first kappa shape index (κ1) is 14.9. The van der Waals surface area contributed by atoms with Crippen LogP contribution >= 0.6 is 11.8 Å². The molecule has 2 rings (SSSR count). The highest BCUT2D eigenvalue weighted by atomic mass is 32.2. The fourth-order valence-corrected chi connectivity index (χ4v) is 3.01. The van der Waals surface area contributed by atoms with Gasteiger partial charge in [-0.15, -0.1) is 11.8 Å². The lowest BCUT2D eigenvalue weighted by molar-refractivity contribution is -0.137. The van der Waals surface area contributed by atoms with Crippen LogP contribution in [-0.4, -0.2) is 42.1 Å². The fraction of sp³-hybridized carbons (Fsp3) is 0.467. The van der Waals surface area contributed by atoms with Gasteiger partial charge < -0.3 is 10.2 Å². The number of nitrogens with zero attached hydrogens (tertiary/aromatic N) is 1. The van der Waals surface area contributed by atoms with E-state index in [9.17, 15) is 9.59 Å². The predicted molar refractivity (Wildman–Crippen MR) is 80.8 cm³/mol. The molecule has 0 aromatic heterocycles. The van der Waals surface area contributed by atoms with Crippen molar-refractivity contribution in [1.29, 1.82) is 0 Å². The number of benzene rings is 1. The van der Waals surface area contributed by atoms with Gasteiger partial charge in [0.2, 0.25) is 11.8 Å². The number of aryl methyl sites for hydroxylation is 2. The monoisotopic (exact) mass is 292 g/mol. The van der Waals surface area contributed by atoms with Gasteiger partial charge in [-0.25, -0.2) is 0 Å². The number of carbonyl (C=O) groups is 2. The Morgan fingerprint density at radius 3 is 2.85 bits per heavy atom. The number of hydrogen-bond acceptors (Lipinski definition) is 3. The molecule has 1 aliphatic heterocycles. The average Bonchev–Trinajstić information content (AvgIpc) is 2.42. The third kappa shape index (κ3) is 4.00. The highest BCUT2D eigenvalue weighted by Crippen LogP contribution is 2.21. The highest BCUT2D eigenvalue weighted by Gasteiger charge is 2.20. The first-order chi connectivity index (χ1) is 9.56. The van der Waals surface area contributed by atoms with E-state index in [-0.39, 0.29) is 18.4 Å². The molecule has 0 radical (unpaired) electrons. The summed E-state index contributed by atoms with van der Waals surface area (Å²) in [6.45, 7) is 5.58. The van der Waals surface area contributed by atoms with Gasteiger partial charge >= 0.3 is 0 Å². The lowest BCUT2D eigenvalue weighted by Crippen LogP contribution is -2.50. The minimum atomic E-state index is -0.0635. The second kappa shape index (κ2) is 6.79. The quantitative estimate of drug-likeness (QED) is 0.860. The molecule has 0 saturated carbocycles. The Morgan fingerprint density at radius 1 is 1.35 bits per heavy atom. The maximum absolute atomic E-state index is 12.0. The maximum atomic E-state index is 12.0. The van der Waals surface area contributed by atoms with Crippen molar-refractivity contribution in [3.8, 4) is 0 Å². The highest BCUT2D eigenvalue weighted by molar-refractivity contribution is 7.99. The van der Waals surface area contributed by atoms with E-state index in [1.54, 1.807) is 16.7 Å². The SMILES string of the molecule is Cc1ccc(SCCC(=O)N2CCNC(=O)C2)cc1C. The van der Waals surface area contributed by atoms with Crippen molar-refractivity contribution in [2.75, 3.05) is 25.4 Å². The number of amides is 2. The molecule has 1 aliphatic rings. The summed E-state index contributed by atoms with van der Waals surface area (Å²) in [5, 5.41) is 2.72. The number of nitrogens with one attached hydrogen (secondary N) is 1. The molecule has 1 heterocycles. The molecule has 0 aliphatic carbocycles. The minimum Gasteiger partial charge on any atom is -0.353 e. The number of hydrogen-bond donors (Lipinski definition) is 1. The molecule has 5 heteroatoms. The summed E-state index contributed by atoms with van der Waals surface area (Å²) >= 11 is 1.69. The van der Waals surface area contributed by atoms with Crippen LogP contribution in [0.25, 0.3) is 0 Å². The van der Waals surface area contributed by atoms with Crippen LogP contribution in [0, 0.1) is 13.8 Å². The molecule has 2 amide bonds. The Hall–Kier alpha value is -1.49. The summed E-state index contributed by atoms with van der Waals surface area (Å²) in [6, 6.07) is 6.35. The van der Waals surface area contributed by atoms with Gasteiger partial charge in [-0.2, -0.15) is 0 Å². The zero-order valence-corrected chi connectivity index (χ0v) is 12.8. The molecule has 4 nitrogen and oxygen atoms in total. The van der Waals surface area contributed by atoms with E-state index >= 15 is 0 Å². The van der Waals surface area contributed by atoms with Gasteiger partial charge in [-0.1, -0.05) is 6.07 Å². The molecular weight excluding hydrogens is 272 g/mol. The van der Waals surface area contributed by atoms with Crippen LogP contribution in [0.2, 0.25) is 0 Å². The van der Waals surface area contributed by atoms with Gasteiger partial charge in [-0.05, 0) is 37.1 Å². The van der Waals surface area contributed by atoms with Crippen molar-refractivity contribution in [2.45, 2.75) is 25.2 Å². The van der Waals surface area contributed by atoms with E-state index in [2.05, 4.69) is 37.4 Å². The largest absolute Gasteiger partial charge is 0.353 e. The van der Waals surface area contributed by atoms with Crippen molar-refractivity contribution in [2.24, 2.45) is 0 Å². The molecular formula is C15H20N2O2S. The van der Waals surface area contributed by atoms with Crippen molar-refractivity contribution in [3.05, 3.63) is 29.3 Å². The third-order valence-electron chi connectivity index (χ3n) is 3.45. The molecule has 1 fully saturated rings.